The van der Waals surface area contributed by atoms with Crippen LogP contribution in [0.1, 0.15) is 38.7 Å². The van der Waals surface area contributed by atoms with Gasteiger partial charge in [-0.3, -0.25) is 9.78 Å². The summed E-state index contributed by atoms with van der Waals surface area (Å²) in [5.41, 5.74) is 8.23. The smallest absolute Gasteiger partial charge is 0.204 e. The molecule has 1 aliphatic rings. The van der Waals surface area contributed by atoms with Crippen LogP contribution < -0.4 is 11.1 Å². The second kappa shape index (κ2) is 8.24. The van der Waals surface area contributed by atoms with Gasteiger partial charge in [-0.15, -0.1) is 0 Å². The molecule has 0 radical (unpaired) electrons. The summed E-state index contributed by atoms with van der Waals surface area (Å²) in [6.45, 7) is 4.67. The molecule has 0 fully saturated rings. The van der Waals surface area contributed by atoms with Gasteiger partial charge in [0.1, 0.15) is 5.82 Å². The lowest BCUT2D eigenvalue weighted by Gasteiger charge is -2.28. The van der Waals surface area contributed by atoms with Crippen molar-refractivity contribution >= 4 is 23.5 Å². The molecule has 0 unspecified atom stereocenters. The van der Waals surface area contributed by atoms with Gasteiger partial charge in [0.25, 0.3) is 0 Å². The monoisotopic (exact) mass is 324 g/mol. The zero-order valence-electron chi connectivity index (χ0n) is 14.2. The minimum atomic E-state index is 0.250. The predicted octanol–water partition coefficient (Wildman–Crippen LogP) is 3.92. The number of aromatic nitrogens is 2. The minimum absolute atomic E-state index is 0.250. The summed E-state index contributed by atoms with van der Waals surface area (Å²) >= 11 is 0. The van der Waals surface area contributed by atoms with Crippen molar-refractivity contribution < 1.29 is 4.79 Å². The zero-order chi connectivity index (χ0) is 17.4. The molecule has 2 aromatic rings. The lowest BCUT2D eigenvalue weighted by atomic mass is 9.77. The fraction of sp³-hybridized carbons (Fsp3) is 0.316. The molecule has 2 aromatic heterocycles. The first-order valence-electron chi connectivity index (χ1n) is 8.02. The molecule has 0 spiro atoms. The number of pyridine rings is 2. The van der Waals surface area contributed by atoms with Gasteiger partial charge in [0.15, 0.2) is 0 Å². The molecule has 24 heavy (non-hydrogen) atoms. The first kappa shape index (κ1) is 17.7. The second-order valence-electron chi connectivity index (χ2n) is 6.53. The number of rotatable bonds is 3. The Hall–Kier alpha value is -2.69. The zero-order valence-corrected chi connectivity index (χ0v) is 14.2. The van der Waals surface area contributed by atoms with Crippen LogP contribution in [0, 0.1) is 5.41 Å². The van der Waals surface area contributed by atoms with Gasteiger partial charge in [-0.25, -0.2) is 4.98 Å². The number of anilines is 2. The third kappa shape index (κ3) is 5.19. The van der Waals surface area contributed by atoms with Crippen molar-refractivity contribution in [3.05, 3.63) is 54.5 Å². The maximum Gasteiger partial charge on any atom is 0.204 e. The highest BCUT2D eigenvalue weighted by molar-refractivity contribution is 5.67. The Morgan fingerprint density at radius 3 is 2.58 bits per heavy atom. The molecular formula is C19H24N4O. The number of amides is 1. The van der Waals surface area contributed by atoms with Gasteiger partial charge in [0.05, 0.1) is 11.9 Å². The van der Waals surface area contributed by atoms with E-state index in [1.54, 1.807) is 12.4 Å². The molecule has 0 aromatic carbocycles. The van der Waals surface area contributed by atoms with Crippen LogP contribution in [0.4, 0.5) is 11.5 Å². The van der Waals surface area contributed by atoms with E-state index in [0.717, 1.165) is 24.3 Å². The minimum Gasteiger partial charge on any atom is -0.372 e. The average molecular weight is 324 g/mol. The second-order valence-corrected chi connectivity index (χ2v) is 6.53. The summed E-state index contributed by atoms with van der Waals surface area (Å²) in [5, 5.41) is 3.25. The van der Waals surface area contributed by atoms with Crippen LogP contribution in [0.25, 0.3) is 5.57 Å². The number of hydrogen-bond donors (Lipinski definition) is 2. The number of nitrogens with zero attached hydrogens (tertiary/aromatic N) is 2. The first-order chi connectivity index (χ1) is 11.5. The predicted molar refractivity (Wildman–Crippen MR) is 97.6 cm³/mol. The summed E-state index contributed by atoms with van der Waals surface area (Å²) < 4.78 is 0. The summed E-state index contributed by atoms with van der Waals surface area (Å²) in [6.07, 6.45) is 11.7. The van der Waals surface area contributed by atoms with Gasteiger partial charge in [-0.05, 0) is 60.1 Å². The third-order valence-corrected chi connectivity index (χ3v) is 4.04. The first-order valence-corrected chi connectivity index (χ1v) is 8.02. The van der Waals surface area contributed by atoms with Gasteiger partial charge < -0.3 is 11.1 Å². The lowest BCUT2D eigenvalue weighted by Crippen LogP contribution is -2.14. The van der Waals surface area contributed by atoms with E-state index in [1.165, 1.54) is 17.6 Å². The van der Waals surface area contributed by atoms with Crippen LogP contribution in [0.3, 0.4) is 0 Å². The fourth-order valence-electron chi connectivity index (χ4n) is 2.58. The molecule has 1 aliphatic carbocycles. The molecular weight excluding hydrogens is 300 g/mol. The van der Waals surface area contributed by atoms with Crippen molar-refractivity contribution in [2.75, 3.05) is 5.32 Å². The Bertz CT molecular complexity index is 678. The SMILES string of the molecule is CC1(C)CC=C(c2ccc(Nc3cccnc3)nc2)CC1.NC=O. The Morgan fingerprint density at radius 2 is 2.04 bits per heavy atom. The van der Waals surface area contributed by atoms with Crippen molar-refractivity contribution in [1.82, 2.24) is 9.97 Å². The van der Waals surface area contributed by atoms with Crippen molar-refractivity contribution in [1.29, 1.82) is 0 Å². The molecule has 1 amide bonds. The number of nitrogens with one attached hydrogen (secondary N) is 1. The van der Waals surface area contributed by atoms with E-state index in [2.05, 4.69) is 47.0 Å². The highest BCUT2D eigenvalue weighted by Crippen LogP contribution is 2.37. The van der Waals surface area contributed by atoms with E-state index in [1.807, 2.05) is 24.4 Å². The van der Waals surface area contributed by atoms with Gasteiger partial charge in [-0.2, -0.15) is 0 Å². The average Bonchev–Trinajstić information content (AvgIpc) is 2.57. The van der Waals surface area contributed by atoms with E-state index >= 15 is 0 Å². The summed E-state index contributed by atoms with van der Waals surface area (Å²) in [5.74, 6) is 0.850. The van der Waals surface area contributed by atoms with Crippen molar-refractivity contribution in [3.8, 4) is 0 Å². The fourth-order valence-corrected chi connectivity index (χ4v) is 2.58. The van der Waals surface area contributed by atoms with Crippen LogP contribution in [0.5, 0.6) is 0 Å². The number of carbonyl (C=O) groups is 1. The van der Waals surface area contributed by atoms with Crippen LogP contribution in [0.15, 0.2) is 48.9 Å². The van der Waals surface area contributed by atoms with Crippen molar-refractivity contribution in [2.24, 2.45) is 11.1 Å². The van der Waals surface area contributed by atoms with Gasteiger partial charge in [0.2, 0.25) is 6.41 Å². The highest BCUT2D eigenvalue weighted by Gasteiger charge is 2.21. The standard InChI is InChI=1S/C18H21N3.CH3NO/c1-18(2)9-7-14(8-10-18)15-5-6-17(20-12-15)21-16-4-3-11-19-13-16;2-1-3/h3-7,11-13H,8-10H2,1-2H3,(H,20,21);1H,(H2,2,3). The Balaban J connectivity index is 0.000000647. The third-order valence-electron chi connectivity index (χ3n) is 4.04. The summed E-state index contributed by atoms with van der Waals surface area (Å²) in [6, 6.07) is 8.07. The van der Waals surface area contributed by atoms with Crippen LogP contribution in [0.2, 0.25) is 0 Å². The van der Waals surface area contributed by atoms with E-state index in [0.29, 0.717) is 5.41 Å². The number of nitrogens with two attached hydrogens (primary N) is 1. The lowest BCUT2D eigenvalue weighted by molar-refractivity contribution is -0.106. The van der Waals surface area contributed by atoms with Gasteiger partial charge in [-0.1, -0.05) is 19.9 Å². The van der Waals surface area contributed by atoms with Gasteiger partial charge in [0, 0.05) is 12.4 Å². The molecule has 126 valence electrons. The molecule has 5 nitrogen and oxygen atoms in total. The number of primary amides is 1. The van der Waals surface area contributed by atoms with E-state index < -0.39 is 0 Å². The molecule has 2 heterocycles. The number of carbonyl (C=O) groups excluding carboxylic acids is 1. The largest absolute Gasteiger partial charge is 0.372 e. The molecule has 3 N–H and O–H groups in total. The van der Waals surface area contributed by atoms with Crippen LogP contribution in [-0.2, 0) is 4.79 Å². The molecule has 0 aliphatic heterocycles. The maximum absolute atomic E-state index is 8.58. The quantitative estimate of drug-likeness (QED) is 0.839. The molecule has 0 atom stereocenters. The summed E-state index contributed by atoms with van der Waals surface area (Å²) in [4.78, 5) is 17.2. The number of hydrogen-bond acceptors (Lipinski definition) is 4. The molecule has 5 heteroatoms. The maximum atomic E-state index is 8.58. The molecule has 0 saturated heterocycles. The molecule has 3 rings (SSSR count). The van der Waals surface area contributed by atoms with Crippen LogP contribution in [-0.4, -0.2) is 16.4 Å². The highest BCUT2D eigenvalue weighted by atomic mass is 16.1. The van der Waals surface area contributed by atoms with E-state index in [4.69, 9.17) is 4.79 Å². The van der Waals surface area contributed by atoms with E-state index in [-0.39, 0.29) is 6.41 Å². The molecule has 0 bridgehead atoms. The summed E-state index contributed by atoms with van der Waals surface area (Å²) in [7, 11) is 0. The van der Waals surface area contributed by atoms with E-state index in [9.17, 15) is 0 Å². The van der Waals surface area contributed by atoms with Gasteiger partial charge >= 0.3 is 0 Å². The van der Waals surface area contributed by atoms with Crippen molar-refractivity contribution in [3.63, 3.8) is 0 Å². The molecule has 0 saturated carbocycles. The Labute approximate surface area is 143 Å². The van der Waals surface area contributed by atoms with Crippen LogP contribution >= 0.6 is 0 Å². The Kier molecular flexibility index (Phi) is 6.07. The number of allylic oxidation sites excluding steroid dienone is 2. The Morgan fingerprint density at radius 1 is 1.25 bits per heavy atom. The normalized spacial score (nSPS) is 15.5. The van der Waals surface area contributed by atoms with Crippen molar-refractivity contribution in [2.45, 2.75) is 33.1 Å². The topological polar surface area (TPSA) is 80.9 Å².